The van der Waals surface area contributed by atoms with E-state index in [1.807, 2.05) is 85.9 Å². The van der Waals surface area contributed by atoms with Gasteiger partial charge < -0.3 is 30.8 Å². The molecule has 0 fully saturated rings. The summed E-state index contributed by atoms with van der Waals surface area (Å²) in [6.45, 7) is 3.63. The van der Waals surface area contributed by atoms with E-state index in [9.17, 15) is 8.42 Å². The van der Waals surface area contributed by atoms with E-state index < -0.39 is 27.5 Å². The van der Waals surface area contributed by atoms with E-state index in [1.165, 1.54) is 34.5 Å². The van der Waals surface area contributed by atoms with Crippen molar-refractivity contribution in [1.82, 2.24) is 90.1 Å². The molecule has 0 aliphatic carbocycles. The Labute approximate surface area is 526 Å². The van der Waals surface area contributed by atoms with Crippen LogP contribution in [-0.4, -0.2) is 110 Å². The summed E-state index contributed by atoms with van der Waals surface area (Å²) in [5.41, 5.74) is 14.2. The van der Waals surface area contributed by atoms with Gasteiger partial charge in [-0.25, -0.2) is 46.5 Å². The maximum absolute atomic E-state index is 15.8. The van der Waals surface area contributed by atoms with Crippen LogP contribution in [0, 0.1) is 11.6 Å². The van der Waals surface area contributed by atoms with Crippen molar-refractivity contribution in [2.75, 3.05) is 32.5 Å². The first-order chi connectivity index (χ1) is 44.9. The summed E-state index contributed by atoms with van der Waals surface area (Å²) >= 11 is 0. The number of halogens is 2. The third-order valence-corrected chi connectivity index (χ3v) is 16.8. The van der Waals surface area contributed by atoms with Crippen molar-refractivity contribution in [2.24, 2.45) is 0 Å². The summed E-state index contributed by atoms with van der Waals surface area (Å²) < 4.78 is 63.8. The van der Waals surface area contributed by atoms with Crippen molar-refractivity contribution in [3.8, 4) is 67.5 Å². The molecular weight excluding hydrogens is 1180 g/mol. The number of likely N-dealkylation sites (N-methyl/N-ethyl adjacent to an activating group) is 1. The van der Waals surface area contributed by atoms with Crippen LogP contribution in [0.5, 0.6) is 0 Å². The molecule has 14 rings (SSSR count). The van der Waals surface area contributed by atoms with Crippen LogP contribution in [-0.2, 0) is 48.6 Å². The largest absolute Gasteiger partial charge is 0.384 e. The molecule has 7 N–H and O–H groups in total. The van der Waals surface area contributed by atoms with Gasteiger partial charge in [0.25, 0.3) is 0 Å². The van der Waals surface area contributed by atoms with Crippen molar-refractivity contribution < 1.29 is 17.2 Å². The van der Waals surface area contributed by atoms with E-state index in [2.05, 4.69) is 96.1 Å². The maximum atomic E-state index is 15.8. The summed E-state index contributed by atoms with van der Waals surface area (Å²) in [6, 6.07) is 37.3. The SMILES string of the molecule is CN(C)CCNc1cc(F)cc(-c2cncc3[nH]c(-c4nn(CS(=O)(=O)NCc5cc(F)cc(-c6cncc7[nH]c(-c8n[nH]c9ncc(-c%10cncc(CNCc%11ccccc%11)c%10)cc89)nc67)c5)c5ncc(-c6cncc(CNCc7ccccc7)c6)cc45)nc23)c1. The van der Waals surface area contributed by atoms with Gasteiger partial charge >= 0.3 is 0 Å². The van der Waals surface area contributed by atoms with E-state index in [4.69, 9.17) is 20.1 Å². The second-order valence-corrected chi connectivity index (χ2v) is 24.5. The summed E-state index contributed by atoms with van der Waals surface area (Å²) in [5.74, 6) is -0.981. The molecule has 0 atom stereocenters. The molecule has 0 bridgehead atoms. The number of nitrogens with zero attached hydrogens (tertiary/aromatic N) is 12. The number of aromatic nitrogens is 14. The molecular formula is C68H59F2N19O2S. The Hall–Kier alpha value is -10.9. The van der Waals surface area contributed by atoms with Crippen LogP contribution >= 0.6 is 0 Å². The molecule has 0 spiro atoms. The summed E-state index contributed by atoms with van der Waals surface area (Å²) in [4.78, 5) is 46.3. The zero-order chi connectivity index (χ0) is 62.7. The first-order valence-electron chi connectivity index (χ1n) is 29.6. The predicted octanol–water partition coefficient (Wildman–Crippen LogP) is 10.9. The second-order valence-electron chi connectivity index (χ2n) is 22.7. The molecule has 0 aliphatic rings. The number of benzene rings is 4. The molecule has 0 radical (unpaired) electrons. The Bertz CT molecular complexity index is 5130. The number of nitrogens with one attached hydrogen (secondary N) is 7. The Balaban J connectivity index is 0.734. The van der Waals surface area contributed by atoms with Gasteiger partial charge in [0.05, 0.1) is 45.2 Å². The van der Waals surface area contributed by atoms with Gasteiger partial charge in [0.2, 0.25) is 10.0 Å². The van der Waals surface area contributed by atoms with Gasteiger partial charge in [-0.1, -0.05) is 60.7 Å². The lowest BCUT2D eigenvalue weighted by molar-refractivity contribution is 0.425. The molecule has 21 nitrogen and oxygen atoms in total. The van der Waals surface area contributed by atoms with Crippen LogP contribution in [0.3, 0.4) is 0 Å². The highest BCUT2D eigenvalue weighted by Crippen LogP contribution is 2.36. The minimum absolute atomic E-state index is 0.247. The lowest BCUT2D eigenvalue weighted by Gasteiger charge is -2.12. The van der Waals surface area contributed by atoms with Crippen molar-refractivity contribution in [3.63, 3.8) is 0 Å². The molecule has 10 heterocycles. The lowest BCUT2D eigenvalue weighted by atomic mass is 10.0. The monoisotopic (exact) mass is 1240 g/mol. The van der Waals surface area contributed by atoms with E-state index >= 15 is 8.78 Å². The van der Waals surface area contributed by atoms with Gasteiger partial charge in [-0.05, 0) is 114 Å². The van der Waals surface area contributed by atoms with Crippen molar-refractivity contribution in [3.05, 3.63) is 223 Å². The van der Waals surface area contributed by atoms with Crippen molar-refractivity contribution in [2.45, 2.75) is 38.6 Å². The van der Waals surface area contributed by atoms with Crippen molar-refractivity contribution in [1.29, 1.82) is 0 Å². The van der Waals surface area contributed by atoms with Gasteiger partial charge in [0, 0.05) is 134 Å². The van der Waals surface area contributed by atoms with Crippen LogP contribution in [0.15, 0.2) is 183 Å². The quantitative estimate of drug-likeness (QED) is 0.0314. The van der Waals surface area contributed by atoms with E-state index in [0.29, 0.717) is 127 Å². The van der Waals surface area contributed by atoms with Crippen LogP contribution < -0.4 is 20.7 Å². The summed E-state index contributed by atoms with van der Waals surface area (Å²) in [5, 5.41) is 24.0. The molecule has 10 aromatic heterocycles. The molecule has 0 saturated carbocycles. The topological polar surface area (TPSA) is 267 Å². The molecule has 458 valence electrons. The molecule has 0 unspecified atom stereocenters. The highest BCUT2D eigenvalue weighted by Gasteiger charge is 2.24. The molecule has 92 heavy (non-hydrogen) atoms. The number of fused-ring (bicyclic) bond motifs is 4. The summed E-state index contributed by atoms with van der Waals surface area (Å²) in [7, 11) is -0.311. The molecule has 24 heteroatoms. The van der Waals surface area contributed by atoms with Crippen LogP contribution in [0.2, 0.25) is 0 Å². The lowest BCUT2D eigenvalue weighted by Crippen LogP contribution is -2.27. The van der Waals surface area contributed by atoms with Gasteiger partial charge in [-0.15, -0.1) is 0 Å². The first kappa shape index (κ1) is 58.8. The Morgan fingerprint density at radius 1 is 0.522 bits per heavy atom. The minimum atomic E-state index is -4.24. The number of hydrogen-bond donors (Lipinski definition) is 7. The van der Waals surface area contributed by atoms with E-state index in [-0.39, 0.29) is 12.2 Å². The number of pyridine rings is 6. The molecule has 4 aromatic carbocycles. The van der Waals surface area contributed by atoms with Crippen LogP contribution in [0.1, 0.15) is 27.8 Å². The fourth-order valence-corrected chi connectivity index (χ4v) is 12.2. The number of rotatable bonds is 23. The standard InChI is InChI=1S/C68H59F2N19O2S/c1-88(2)14-13-77-54-21-47(20-53(70)24-54)58-37-76-39-60-62(58)84-67(82-60)64-56-23-51(49-17-45(30-74-33-49)28-72-26-42-11-7-4-8-12-42)35-79-68(56)89(87-64)40-92(90,91)80-31-43-15-46(19-52(69)18-43)57-36-75-38-59-61(57)83-66(81-59)63-55-22-50(34-78-65(55)86-85-63)48-16-44(29-73-32-48)27-71-25-41-9-5-3-6-10-41/h3-12,15-24,29-30,32-39,71-72,77,80H,13-14,25-28,31,40H2,1-2H3,(H,81,83)(H,82,84)(H,78,85,86). The summed E-state index contributed by atoms with van der Waals surface area (Å²) in [6.07, 6.45) is 17.1. The van der Waals surface area contributed by atoms with E-state index in [0.717, 1.165) is 46.5 Å². The Morgan fingerprint density at radius 2 is 1.07 bits per heavy atom. The normalized spacial score (nSPS) is 11.9. The Kier molecular flexibility index (Phi) is 16.3. The second kappa shape index (κ2) is 25.5. The van der Waals surface area contributed by atoms with E-state index in [1.54, 1.807) is 61.8 Å². The smallest absolute Gasteiger partial charge is 0.232 e. The van der Waals surface area contributed by atoms with Gasteiger partial charge in [-0.2, -0.15) is 10.2 Å². The predicted molar refractivity (Wildman–Crippen MR) is 351 cm³/mol. The third-order valence-electron chi connectivity index (χ3n) is 15.7. The van der Waals surface area contributed by atoms with Gasteiger partial charge in [0.15, 0.2) is 28.8 Å². The number of sulfonamides is 1. The zero-order valence-corrected chi connectivity index (χ0v) is 50.6. The van der Waals surface area contributed by atoms with Crippen LogP contribution in [0.4, 0.5) is 14.5 Å². The van der Waals surface area contributed by atoms with Crippen molar-refractivity contribution >= 4 is 59.8 Å². The Morgan fingerprint density at radius 3 is 1.70 bits per heavy atom. The minimum Gasteiger partial charge on any atom is -0.384 e. The third kappa shape index (κ3) is 12.9. The number of hydrogen-bond acceptors (Lipinski definition) is 16. The molecule has 14 aromatic rings. The fraction of sp³-hybridized carbons (Fsp3) is 0.147. The zero-order valence-electron chi connectivity index (χ0n) is 49.8. The number of H-pyrrole nitrogens is 3. The number of anilines is 1. The molecule has 0 amide bonds. The maximum Gasteiger partial charge on any atom is 0.232 e. The van der Waals surface area contributed by atoms with Gasteiger partial charge in [-0.3, -0.25) is 25.0 Å². The first-order valence-corrected chi connectivity index (χ1v) is 31.3. The molecule has 0 aliphatic heterocycles. The number of aromatic amines is 3. The van der Waals surface area contributed by atoms with Crippen LogP contribution in [0.25, 0.3) is 112 Å². The average Bonchev–Trinajstić information content (AvgIpc) is 1.62. The molecule has 0 saturated heterocycles. The highest BCUT2D eigenvalue weighted by molar-refractivity contribution is 7.88. The highest BCUT2D eigenvalue weighted by atomic mass is 32.2. The van der Waals surface area contributed by atoms with Gasteiger partial charge in [0.1, 0.15) is 23.0 Å². The average molecular weight is 1240 g/mol. The fourth-order valence-electron chi connectivity index (χ4n) is 11.2. The number of imidazole rings is 2.